The minimum Gasteiger partial charge on any atom is -0.480 e. The van der Waals surface area contributed by atoms with E-state index in [1.54, 1.807) is 12.1 Å². The highest BCUT2D eigenvalue weighted by Gasteiger charge is 2.42. The molecule has 2 aliphatic heterocycles. The second-order valence-electron chi connectivity index (χ2n) is 11.0. The van der Waals surface area contributed by atoms with E-state index >= 15 is 0 Å². The number of nitrogens with zero attached hydrogens (tertiary/aromatic N) is 1. The number of likely N-dealkylation sites (tertiary alicyclic amines) is 1. The number of aryl methyl sites for hydroxylation is 2. The Morgan fingerprint density at radius 1 is 1.08 bits per heavy atom. The van der Waals surface area contributed by atoms with Gasteiger partial charge in [0.1, 0.15) is 11.9 Å². The lowest BCUT2D eigenvalue weighted by Gasteiger charge is -2.31. The number of fused-ring (bicyclic) bond motifs is 1. The van der Waals surface area contributed by atoms with Crippen molar-refractivity contribution in [3.05, 3.63) is 69.5 Å². The van der Waals surface area contributed by atoms with Crippen LogP contribution in [-0.2, 0) is 33.6 Å². The van der Waals surface area contributed by atoms with Crippen LogP contribution in [0.5, 0.6) is 0 Å². The maximum atomic E-state index is 14.9. The highest BCUT2D eigenvalue weighted by molar-refractivity contribution is 6.30. The zero-order valence-electron chi connectivity index (χ0n) is 22.1. The van der Waals surface area contributed by atoms with Gasteiger partial charge in [0.25, 0.3) is 0 Å². The van der Waals surface area contributed by atoms with Gasteiger partial charge < -0.3 is 20.5 Å². The Kier molecular flexibility index (Phi) is 9.17. The Bertz CT molecular complexity index is 1190. The predicted molar refractivity (Wildman–Crippen MR) is 148 cm³/mol. The normalized spacial score (nSPS) is 22.5. The number of aliphatic carboxylic acids is 1. The van der Waals surface area contributed by atoms with Gasteiger partial charge in [-0.25, -0.2) is 4.39 Å². The molecule has 3 N–H and O–H groups in total. The summed E-state index contributed by atoms with van der Waals surface area (Å²) >= 11 is 5.99. The second kappa shape index (κ2) is 12.8. The van der Waals surface area contributed by atoms with Crippen molar-refractivity contribution in [1.82, 2.24) is 15.5 Å². The number of benzene rings is 2. The molecule has 0 spiro atoms. The molecular weight excluding hydrogens is 521 g/mol. The lowest BCUT2D eigenvalue weighted by Crippen LogP contribution is -2.44. The van der Waals surface area contributed by atoms with Crippen LogP contribution in [0.4, 0.5) is 4.39 Å². The van der Waals surface area contributed by atoms with Crippen molar-refractivity contribution in [2.24, 2.45) is 5.92 Å². The van der Waals surface area contributed by atoms with Crippen LogP contribution in [0.3, 0.4) is 0 Å². The Morgan fingerprint density at radius 2 is 1.87 bits per heavy atom. The zero-order chi connectivity index (χ0) is 27.4. The number of amides is 1. The van der Waals surface area contributed by atoms with Crippen LogP contribution in [-0.4, -0.2) is 73.4 Å². The van der Waals surface area contributed by atoms with Crippen LogP contribution in [0, 0.1) is 11.7 Å². The van der Waals surface area contributed by atoms with Gasteiger partial charge in [0.05, 0.1) is 5.92 Å². The van der Waals surface area contributed by atoms with Gasteiger partial charge in [-0.3, -0.25) is 14.5 Å². The van der Waals surface area contributed by atoms with E-state index in [-0.39, 0.29) is 18.4 Å². The number of ether oxygens (including phenoxy) is 1. The molecule has 3 atom stereocenters. The van der Waals surface area contributed by atoms with Crippen molar-refractivity contribution >= 4 is 23.5 Å². The van der Waals surface area contributed by atoms with Gasteiger partial charge in [0.2, 0.25) is 5.91 Å². The van der Waals surface area contributed by atoms with Crippen molar-refractivity contribution < 1.29 is 23.8 Å². The van der Waals surface area contributed by atoms with E-state index in [1.165, 1.54) is 17.2 Å². The first-order valence-corrected chi connectivity index (χ1v) is 14.4. The van der Waals surface area contributed by atoms with E-state index in [2.05, 4.69) is 27.7 Å². The Morgan fingerprint density at radius 3 is 2.64 bits per heavy atom. The number of halogens is 2. The van der Waals surface area contributed by atoms with Crippen LogP contribution >= 0.6 is 11.6 Å². The molecule has 2 saturated heterocycles. The van der Waals surface area contributed by atoms with Gasteiger partial charge in [0, 0.05) is 56.4 Å². The smallest absolute Gasteiger partial charge is 0.321 e. The van der Waals surface area contributed by atoms with Crippen LogP contribution < -0.4 is 10.6 Å². The van der Waals surface area contributed by atoms with E-state index in [4.69, 9.17) is 16.3 Å². The van der Waals surface area contributed by atoms with Gasteiger partial charge in [-0.1, -0.05) is 35.9 Å². The number of carboxylic acid groups (broad SMARTS) is 1. The monoisotopic (exact) mass is 557 g/mol. The van der Waals surface area contributed by atoms with Gasteiger partial charge in [-0.05, 0) is 72.9 Å². The summed E-state index contributed by atoms with van der Waals surface area (Å²) in [7, 11) is 0. The van der Waals surface area contributed by atoms with Crippen molar-refractivity contribution in [3.8, 4) is 0 Å². The Balaban J connectivity index is 1.18. The number of rotatable bonds is 10. The fraction of sp³-hybridized carbons (Fsp3) is 0.533. The maximum Gasteiger partial charge on any atom is 0.321 e. The van der Waals surface area contributed by atoms with Crippen molar-refractivity contribution in [2.75, 3.05) is 39.4 Å². The number of hydrogen-bond donors (Lipinski definition) is 3. The summed E-state index contributed by atoms with van der Waals surface area (Å²) in [5.41, 5.74) is 4.20. The standard InChI is InChI=1S/C30H37ClFN3O4/c31-22-6-7-24(27(32)16-22)25-17-35(23-8-12-39-13-9-23)18-26(25)29(36)34-11-10-33-28(30(37)38)15-19-4-5-20-2-1-3-21(20)14-19/h4-7,14,16,23,25-26,28,33H,1-3,8-13,15,17-18H2,(H,34,36)(H,37,38)/t25-,26+,28-/m0/s1. The molecular formula is C30H37ClFN3O4. The van der Waals surface area contributed by atoms with Crippen LogP contribution in [0.2, 0.25) is 5.02 Å². The summed E-state index contributed by atoms with van der Waals surface area (Å²) in [4.78, 5) is 27.6. The average molecular weight is 558 g/mol. The Hall–Kier alpha value is -2.52. The molecule has 0 bridgehead atoms. The van der Waals surface area contributed by atoms with E-state index in [0.29, 0.717) is 55.9 Å². The maximum absolute atomic E-state index is 14.9. The van der Waals surface area contributed by atoms with E-state index in [0.717, 1.165) is 37.7 Å². The van der Waals surface area contributed by atoms with Gasteiger partial charge in [-0.2, -0.15) is 0 Å². The summed E-state index contributed by atoms with van der Waals surface area (Å²) in [6, 6.07) is 10.5. The first kappa shape index (κ1) is 28.0. The van der Waals surface area contributed by atoms with Crippen molar-refractivity contribution in [1.29, 1.82) is 0 Å². The zero-order valence-corrected chi connectivity index (χ0v) is 22.9. The molecule has 39 heavy (non-hydrogen) atoms. The third-order valence-corrected chi connectivity index (χ3v) is 8.70. The van der Waals surface area contributed by atoms with Crippen LogP contribution in [0.15, 0.2) is 36.4 Å². The molecule has 3 aliphatic rings. The molecule has 9 heteroatoms. The van der Waals surface area contributed by atoms with Crippen molar-refractivity contribution in [3.63, 3.8) is 0 Å². The molecule has 1 aliphatic carbocycles. The van der Waals surface area contributed by atoms with Crippen LogP contribution in [0.1, 0.15) is 47.4 Å². The quantitative estimate of drug-likeness (QED) is 0.387. The first-order chi connectivity index (χ1) is 18.9. The largest absolute Gasteiger partial charge is 0.480 e. The SMILES string of the molecule is O=C(O)[C@H](Cc1ccc2c(c1)CCC2)NCCNC(=O)[C@@H]1CN(C2CCOCC2)C[C@H]1c1ccc(Cl)cc1F. The topological polar surface area (TPSA) is 90.9 Å². The molecule has 2 heterocycles. The fourth-order valence-corrected chi connectivity index (χ4v) is 6.52. The number of nitrogens with one attached hydrogen (secondary N) is 2. The average Bonchev–Trinajstić information content (AvgIpc) is 3.58. The predicted octanol–water partition coefficient (Wildman–Crippen LogP) is 3.56. The molecule has 0 unspecified atom stereocenters. The highest BCUT2D eigenvalue weighted by Crippen LogP contribution is 2.37. The van der Waals surface area contributed by atoms with E-state index in [9.17, 15) is 19.1 Å². The third-order valence-electron chi connectivity index (χ3n) is 8.47. The van der Waals surface area contributed by atoms with Gasteiger partial charge >= 0.3 is 5.97 Å². The summed E-state index contributed by atoms with van der Waals surface area (Å²) in [5, 5.41) is 16.2. The lowest BCUT2D eigenvalue weighted by molar-refractivity contribution is -0.139. The molecule has 0 saturated carbocycles. The minimum absolute atomic E-state index is 0.142. The lowest BCUT2D eigenvalue weighted by atomic mass is 9.88. The number of carbonyl (C=O) groups is 2. The summed E-state index contributed by atoms with van der Waals surface area (Å²) in [6.07, 6.45) is 5.48. The third kappa shape index (κ3) is 6.80. The van der Waals surface area contributed by atoms with Crippen molar-refractivity contribution in [2.45, 2.75) is 56.5 Å². The summed E-state index contributed by atoms with van der Waals surface area (Å²) < 4.78 is 20.4. The van der Waals surface area contributed by atoms with E-state index in [1.807, 2.05) is 6.07 Å². The number of carboxylic acids is 1. The molecule has 2 aromatic carbocycles. The minimum atomic E-state index is -0.914. The van der Waals surface area contributed by atoms with E-state index < -0.39 is 23.7 Å². The van der Waals surface area contributed by atoms with Crippen LogP contribution in [0.25, 0.3) is 0 Å². The molecule has 0 aromatic heterocycles. The van der Waals surface area contributed by atoms with Gasteiger partial charge in [0.15, 0.2) is 0 Å². The first-order valence-electron chi connectivity index (χ1n) is 14.0. The highest BCUT2D eigenvalue weighted by atomic mass is 35.5. The number of carbonyl (C=O) groups excluding carboxylic acids is 1. The van der Waals surface area contributed by atoms with Gasteiger partial charge in [-0.15, -0.1) is 0 Å². The molecule has 5 rings (SSSR count). The second-order valence-corrected chi connectivity index (χ2v) is 11.4. The summed E-state index contributed by atoms with van der Waals surface area (Å²) in [6.45, 7) is 3.15. The molecule has 2 aromatic rings. The fourth-order valence-electron chi connectivity index (χ4n) is 6.36. The number of hydrogen-bond acceptors (Lipinski definition) is 5. The molecule has 1 amide bonds. The Labute approximate surface area is 234 Å². The molecule has 2 fully saturated rings. The molecule has 0 radical (unpaired) electrons. The molecule has 210 valence electrons. The molecule has 7 nitrogen and oxygen atoms in total. The summed E-state index contributed by atoms with van der Waals surface area (Å²) in [5.74, 6) is -2.15.